The Morgan fingerprint density at radius 1 is 1.24 bits per heavy atom. The van der Waals surface area contributed by atoms with Crippen molar-refractivity contribution in [2.24, 2.45) is 0 Å². The van der Waals surface area contributed by atoms with E-state index in [1.165, 1.54) is 6.07 Å². The zero-order chi connectivity index (χ0) is 12.4. The van der Waals surface area contributed by atoms with E-state index in [0.717, 1.165) is 5.56 Å². The molecule has 0 saturated heterocycles. The molecule has 4 heteroatoms. The van der Waals surface area contributed by atoms with Gasteiger partial charge < -0.3 is 10.7 Å². The summed E-state index contributed by atoms with van der Waals surface area (Å²) in [6, 6.07) is 8.82. The lowest BCUT2D eigenvalue weighted by Crippen LogP contribution is -2.12. The molecule has 0 atom stereocenters. The zero-order valence-corrected chi connectivity index (χ0v) is 9.90. The van der Waals surface area contributed by atoms with Crippen molar-refractivity contribution in [3.05, 3.63) is 46.5 Å². The third-order valence-electron chi connectivity index (χ3n) is 2.51. The summed E-state index contributed by atoms with van der Waals surface area (Å²) in [5.41, 5.74) is 7.77. The number of hydrogen-bond acceptors (Lipinski definition) is 3. The largest absolute Gasteiger partial charge is 0.399 e. The molecule has 88 valence electrons. The maximum Gasteiger partial charge on any atom is 0.251 e. The van der Waals surface area contributed by atoms with E-state index in [9.17, 15) is 4.79 Å². The second kappa shape index (κ2) is 4.41. The molecule has 0 radical (unpaired) electrons. The van der Waals surface area contributed by atoms with Crippen LogP contribution in [0.2, 0.25) is 0 Å². The molecule has 0 aliphatic carbocycles. The highest BCUT2D eigenvalue weighted by molar-refractivity contribution is 5.61. The van der Waals surface area contributed by atoms with E-state index < -0.39 is 0 Å². The Morgan fingerprint density at radius 3 is 2.47 bits per heavy atom. The van der Waals surface area contributed by atoms with Crippen LogP contribution < -0.4 is 11.3 Å². The Labute approximate surface area is 99.5 Å². The number of aromatic amines is 1. The van der Waals surface area contributed by atoms with Gasteiger partial charge in [-0.25, -0.2) is 4.98 Å². The normalized spacial score (nSPS) is 10.8. The molecule has 4 nitrogen and oxygen atoms in total. The standard InChI is InChI=1S/C13H15N3O/c1-8(2)13-15-11(7-12(17)16-13)9-3-5-10(14)6-4-9/h3-8H,14H2,1-2H3,(H,15,16,17). The Balaban J connectivity index is 2.52. The van der Waals surface area contributed by atoms with Crippen LogP contribution in [0.3, 0.4) is 0 Å². The molecular weight excluding hydrogens is 214 g/mol. The number of nitrogens with zero attached hydrogens (tertiary/aromatic N) is 1. The van der Waals surface area contributed by atoms with Gasteiger partial charge in [-0.1, -0.05) is 26.0 Å². The number of H-pyrrole nitrogens is 1. The van der Waals surface area contributed by atoms with Crippen LogP contribution in [-0.4, -0.2) is 9.97 Å². The number of nitrogens with two attached hydrogens (primary N) is 1. The fourth-order valence-electron chi connectivity index (χ4n) is 1.55. The highest BCUT2D eigenvalue weighted by atomic mass is 16.1. The van der Waals surface area contributed by atoms with Crippen LogP contribution in [0.25, 0.3) is 11.3 Å². The lowest BCUT2D eigenvalue weighted by Gasteiger charge is -2.07. The third kappa shape index (κ3) is 2.53. The number of anilines is 1. The minimum atomic E-state index is -0.129. The molecule has 0 unspecified atom stereocenters. The van der Waals surface area contributed by atoms with Crippen LogP contribution in [0.1, 0.15) is 25.6 Å². The van der Waals surface area contributed by atoms with Crippen LogP contribution in [0, 0.1) is 0 Å². The zero-order valence-electron chi connectivity index (χ0n) is 9.90. The summed E-state index contributed by atoms with van der Waals surface area (Å²) in [7, 11) is 0. The summed E-state index contributed by atoms with van der Waals surface area (Å²) in [6.45, 7) is 3.98. The number of nitrogen functional groups attached to an aromatic ring is 1. The van der Waals surface area contributed by atoms with Crippen LogP contribution >= 0.6 is 0 Å². The maximum absolute atomic E-state index is 11.5. The SMILES string of the molecule is CC(C)c1nc(-c2ccc(N)cc2)cc(=O)[nH]1. The Bertz CT molecular complexity index is 570. The molecule has 1 aromatic heterocycles. The Kier molecular flexibility index (Phi) is 2.95. The lowest BCUT2D eigenvalue weighted by atomic mass is 10.1. The van der Waals surface area contributed by atoms with Gasteiger partial charge in [0.2, 0.25) is 0 Å². The fraction of sp³-hybridized carbons (Fsp3) is 0.231. The van der Waals surface area contributed by atoms with E-state index in [1.54, 1.807) is 12.1 Å². The second-order valence-electron chi connectivity index (χ2n) is 4.29. The molecule has 0 saturated carbocycles. The molecule has 0 aliphatic rings. The van der Waals surface area contributed by atoms with Gasteiger partial charge in [-0.2, -0.15) is 0 Å². The lowest BCUT2D eigenvalue weighted by molar-refractivity contribution is 0.768. The van der Waals surface area contributed by atoms with Gasteiger partial charge >= 0.3 is 0 Å². The molecule has 0 spiro atoms. The van der Waals surface area contributed by atoms with Crippen molar-refractivity contribution < 1.29 is 0 Å². The maximum atomic E-state index is 11.5. The first-order valence-corrected chi connectivity index (χ1v) is 5.53. The number of nitrogens with one attached hydrogen (secondary N) is 1. The first-order chi connectivity index (χ1) is 8.06. The predicted octanol–water partition coefficient (Wildman–Crippen LogP) is 2.14. The average molecular weight is 229 g/mol. The van der Waals surface area contributed by atoms with Crippen molar-refractivity contribution >= 4 is 5.69 Å². The van der Waals surface area contributed by atoms with Gasteiger partial charge in [0.1, 0.15) is 5.82 Å². The molecule has 2 aromatic rings. The Morgan fingerprint density at radius 2 is 1.88 bits per heavy atom. The van der Waals surface area contributed by atoms with Crippen molar-refractivity contribution in [1.82, 2.24) is 9.97 Å². The van der Waals surface area contributed by atoms with Crippen LogP contribution in [-0.2, 0) is 0 Å². The second-order valence-corrected chi connectivity index (χ2v) is 4.29. The summed E-state index contributed by atoms with van der Waals surface area (Å²) in [6.07, 6.45) is 0. The van der Waals surface area contributed by atoms with Gasteiger partial charge in [0, 0.05) is 23.2 Å². The molecule has 2 rings (SSSR count). The first-order valence-electron chi connectivity index (χ1n) is 5.53. The number of benzene rings is 1. The van der Waals surface area contributed by atoms with E-state index in [4.69, 9.17) is 5.73 Å². The number of rotatable bonds is 2. The minimum absolute atomic E-state index is 0.129. The summed E-state index contributed by atoms with van der Waals surface area (Å²) in [4.78, 5) is 18.7. The van der Waals surface area contributed by atoms with Gasteiger partial charge in [0.25, 0.3) is 5.56 Å². The van der Waals surface area contributed by atoms with Gasteiger partial charge in [0.05, 0.1) is 5.69 Å². The van der Waals surface area contributed by atoms with Gasteiger partial charge in [0.15, 0.2) is 0 Å². The molecule has 1 heterocycles. The van der Waals surface area contributed by atoms with Crippen molar-refractivity contribution in [1.29, 1.82) is 0 Å². The highest BCUT2D eigenvalue weighted by Crippen LogP contribution is 2.18. The fourth-order valence-corrected chi connectivity index (χ4v) is 1.55. The molecule has 0 bridgehead atoms. The van der Waals surface area contributed by atoms with Crippen molar-refractivity contribution in [2.45, 2.75) is 19.8 Å². The molecule has 17 heavy (non-hydrogen) atoms. The quantitative estimate of drug-likeness (QED) is 0.775. The Hall–Kier alpha value is -2.10. The summed E-state index contributed by atoms with van der Waals surface area (Å²) in [5.74, 6) is 0.890. The van der Waals surface area contributed by atoms with E-state index in [0.29, 0.717) is 17.2 Å². The molecule has 0 aliphatic heterocycles. The van der Waals surface area contributed by atoms with E-state index >= 15 is 0 Å². The third-order valence-corrected chi connectivity index (χ3v) is 2.51. The van der Waals surface area contributed by atoms with Crippen molar-refractivity contribution in [2.75, 3.05) is 5.73 Å². The average Bonchev–Trinajstić information content (AvgIpc) is 2.29. The van der Waals surface area contributed by atoms with Crippen molar-refractivity contribution in [3.63, 3.8) is 0 Å². The van der Waals surface area contributed by atoms with Crippen molar-refractivity contribution in [3.8, 4) is 11.3 Å². The van der Waals surface area contributed by atoms with Crippen LogP contribution in [0.5, 0.6) is 0 Å². The highest BCUT2D eigenvalue weighted by Gasteiger charge is 2.06. The predicted molar refractivity (Wildman–Crippen MR) is 68.8 cm³/mol. The molecule has 0 fully saturated rings. The van der Waals surface area contributed by atoms with E-state index in [2.05, 4.69) is 9.97 Å². The van der Waals surface area contributed by atoms with Gasteiger partial charge in [-0.05, 0) is 12.1 Å². The molecule has 0 amide bonds. The van der Waals surface area contributed by atoms with Gasteiger partial charge in [-0.15, -0.1) is 0 Å². The molecular formula is C13H15N3O. The number of hydrogen-bond donors (Lipinski definition) is 2. The van der Waals surface area contributed by atoms with E-state index in [-0.39, 0.29) is 11.5 Å². The van der Waals surface area contributed by atoms with Crippen LogP contribution in [0.4, 0.5) is 5.69 Å². The van der Waals surface area contributed by atoms with Crippen LogP contribution in [0.15, 0.2) is 35.1 Å². The topological polar surface area (TPSA) is 71.8 Å². The van der Waals surface area contributed by atoms with Gasteiger partial charge in [-0.3, -0.25) is 4.79 Å². The molecule has 3 N–H and O–H groups in total. The molecule has 1 aromatic carbocycles. The minimum Gasteiger partial charge on any atom is -0.399 e. The summed E-state index contributed by atoms with van der Waals surface area (Å²) >= 11 is 0. The first kappa shape index (κ1) is 11.4. The summed E-state index contributed by atoms with van der Waals surface area (Å²) < 4.78 is 0. The van der Waals surface area contributed by atoms with E-state index in [1.807, 2.05) is 26.0 Å². The monoisotopic (exact) mass is 229 g/mol. The number of aromatic nitrogens is 2. The smallest absolute Gasteiger partial charge is 0.251 e. The summed E-state index contributed by atoms with van der Waals surface area (Å²) in [5, 5.41) is 0.